The molecule has 0 spiro atoms. The van der Waals surface area contributed by atoms with Gasteiger partial charge in [-0.05, 0) is 0 Å². The molecule has 1 amide bonds. The number of fused-ring (bicyclic) bond motifs is 1. The molecule has 0 aromatic rings. The van der Waals surface area contributed by atoms with Gasteiger partial charge in [-0.3, -0.25) is 14.5 Å². The van der Waals surface area contributed by atoms with Crippen LogP contribution in [0.1, 0.15) is 6.92 Å². The highest BCUT2D eigenvalue weighted by Gasteiger charge is 2.59. The van der Waals surface area contributed by atoms with Crippen molar-refractivity contribution in [3.8, 4) is 0 Å². The lowest BCUT2D eigenvalue weighted by atomic mass is 10.1. The topological polar surface area (TPSA) is 118 Å². The van der Waals surface area contributed by atoms with E-state index in [4.69, 9.17) is 16.7 Å². The number of sulfone groups is 1. The smallest absolute Gasteiger partial charge is 0.352 e. The summed E-state index contributed by atoms with van der Waals surface area (Å²) in [6, 6.07) is 0. The average Bonchev–Trinajstić information content (AvgIpc) is 2.32. The monoisotopic (exact) mass is 323 g/mol. The lowest BCUT2D eigenvalue weighted by molar-refractivity contribution is -0.146. The molecule has 2 heterocycles. The number of hydrogen-bond donors (Lipinski definition) is 1. The molecule has 1 fully saturated rings. The summed E-state index contributed by atoms with van der Waals surface area (Å²) < 4.78 is 28.6. The van der Waals surface area contributed by atoms with Crippen molar-refractivity contribution in [1.29, 1.82) is 0 Å². The van der Waals surface area contributed by atoms with Gasteiger partial charge in [0.25, 0.3) is 0 Å². The van der Waals surface area contributed by atoms with Crippen molar-refractivity contribution in [3.05, 3.63) is 11.3 Å². The molecule has 1 saturated heterocycles. The SMILES string of the molecule is CC(=O)OCC1=C(C(=O)O)N2C(=O)[C@@H](Cl)C2S(=O)(=O)C1. The average molecular weight is 324 g/mol. The van der Waals surface area contributed by atoms with Crippen LogP contribution < -0.4 is 0 Å². The first-order chi connectivity index (χ1) is 9.16. The Bertz CT molecular complexity index is 638. The van der Waals surface area contributed by atoms with Crippen LogP contribution in [0.2, 0.25) is 0 Å². The van der Waals surface area contributed by atoms with Crippen molar-refractivity contribution in [1.82, 2.24) is 4.90 Å². The molecule has 0 saturated carbocycles. The van der Waals surface area contributed by atoms with E-state index in [2.05, 4.69) is 4.74 Å². The maximum absolute atomic E-state index is 12.0. The van der Waals surface area contributed by atoms with Crippen LogP contribution in [0.15, 0.2) is 11.3 Å². The van der Waals surface area contributed by atoms with E-state index in [1.165, 1.54) is 0 Å². The maximum atomic E-state index is 12.0. The molecule has 0 aromatic heterocycles. The van der Waals surface area contributed by atoms with Gasteiger partial charge in [-0.15, -0.1) is 11.6 Å². The number of amides is 1. The summed E-state index contributed by atoms with van der Waals surface area (Å²) in [7, 11) is -3.81. The highest BCUT2D eigenvalue weighted by Crippen LogP contribution is 2.39. The van der Waals surface area contributed by atoms with E-state index in [1.54, 1.807) is 0 Å². The number of esters is 1. The van der Waals surface area contributed by atoms with Gasteiger partial charge in [0, 0.05) is 12.5 Å². The summed E-state index contributed by atoms with van der Waals surface area (Å²) in [6.07, 6.45) is 0. The van der Waals surface area contributed by atoms with E-state index in [-0.39, 0.29) is 5.57 Å². The molecule has 1 unspecified atom stereocenters. The molecular weight excluding hydrogens is 314 g/mol. The number of β-lactam (4-membered cyclic amide) rings is 1. The zero-order valence-electron chi connectivity index (χ0n) is 10.2. The molecule has 10 heteroatoms. The van der Waals surface area contributed by atoms with Gasteiger partial charge in [0.2, 0.25) is 5.91 Å². The molecule has 1 N–H and O–H groups in total. The van der Waals surface area contributed by atoms with Crippen molar-refractivity contribution in [2.24, 2.45) is 0 Å². The predicted octanol–water partition coefficient (Wildman–Crippen LogP) is -0.908. The molecule has 0 aliphatic carbocycles. The van der Waals surface area contributed by atoms with Gasteiger partial charge in [0.05, 0.1) is 5.75 Å². The van der Waals surface area contributed by atoms with E-state index in [9.17, 15) is 22.8 Å². The summed E-state index contributed by atoms with van der Waals surface area (Å²) in [5.41, 5.74) is -0.631. The third-order valence-electron chi connectivity index (χ3n) is 2.95. The maximum Gasteiger partial charge on any atom is 0.352 e. The highest BCUT2D eigenvalue weighted by molar-refractivity contribution is 7.92. The molecule has 0 aromatic carbocycles. The van der Waals surface area contributed by atoms with Crippen LogP contribution in [0.5, 0.6) is 0 Å². The molecule has 2 aliphatic rings. The minimum Gasteiger partial charge on any atom is -0.477 e. The highest BCUT2D eigenvalue weighted by atomic mass is 35.5. The van der Waals surface area contributed by atoms with Crippen LogP contribution in [0.4, 0.5) is 0 Å². The van der Waals surface area contributed by atoms with Crippen LogP contribution in [0, 0.1) is 0 Å². The van der Waals surface area contributed by atoms with Crippen molar-refractivity contribution in [2.75, 3.05) is 12.4 Å². The Morgan fingerprint density at radius 2 is 2.10 bits per heavy atom. The number of ether oxygens (including phenoxy) is 1. The summed E-state index contributed by atoms with van der Waals surface area (Å²) >= 11 is 5.63. The molecule has 2 rings (SSSR count). The molecule has 110 valence electrons. The third-order valence-corrected chi connectivity index (χ3v) is 5.49. The normalized spacial score (nSPS) is 27.7. The second-order valence-electron chi connectivity index (χ2n) is 4.35. The van der Waals surface area contributed by atoms with Crippen LogP contribution in [0.3, 0.4) is 0 Å². The van der Waals surface area contributed by atoms with E-state index >= 15 is 0 Å². The summed E-state index contributed by atoms with van der Waals surface area (Å²) in [4.78, 5) is 34.2. The Hall–Kier alpha value is -1.61. The van der Waals surface area contributed by atoms with E-state index < -0.39 is 56.5 Å². The van der Waals surface area contributed by atoms with Gasteiger partial charge < -0.3 is 9.84 Å². The lowest BCUT2D eigenvalue weighted by Crippen LogP contribution is -2.68. The fourth-order valence-corrected chi connectivity index (χ4v) is 4.70. The zero-order chi connectivity index (χ0) is 15.2. The van der Waals surface area contributed by atoms with Crippen LogP contribution in [-0.4, -0.2) is 59.4 Å². The molecule has 2 atom stereocenters. The van der Waals surface area contributed by atoms with E-state index in [0.717, 1.165) is 6.92 Å². The van der Waals surface area contributed by atoms with Crippen molar-refractivity contribution in [2.45, 2.75) is 17.7 Å². The van der Waals surface area contributed by atoms with E-state index in [0.29, 0.717) is 4.90 Å². The number of rotatable bonds is 3. The van der Waals surface area contributed by atoms with Crippen LogP contribution >= 0.6 is 11.6 Å². The number of carbonyl (C=O) groups is 3. The largest absolute Gasteiger partial charge is 0.477 e. The number of aliphatic carboxylic acids is 1. The number of hydrogen-bond acceptors (Lipinski definition) is 6. The van der Waals surface area contributed by atoms with Crippen LogP contribution in [0.25, 0.3) is 0 Å². The second-order valence-corrected chi connectivity index (χ2v) is 6.91. The standard InChI is InChI=1S/C10H10ClNO7S/c1-4(13)19-2-5-3-20(17,18)9-6(11)8(14)12(9)7(5)10(15)16/h6,9H,2-3H2,1H3,(H,15,16)/t6-,9?/m1/s1. The zero-order valence-corrected chi connectivity index (χ0v) is 11.8. The molecule has 0 bridgehead atoms. The number of carboxylic acids is 1. The molecule has 2 aliphatic heterocycles. The fourth-order valence-electron chi connectivity index (χ4n) is 2.13. The molecule has 20 heavy (non-hydrogen) atoms. The van der Waals surface area contributed by atoms with Gasteiger partial charge >= 0.3 is 11.9 Å². The molecular formula is C10H10ClNO7S. The summed E-state index contributed by atoms with van der Waals surface area (Å²) in [6.45, 7) is 0.602. The number of carbonyl (C=O) groups excluding carboxylic acids is 2. The third kappa shape index (κ3) is 2.16. The molecule has 8 nitrogen and oxygen atoms in total. The van der Waals surface area contributed by atoms with Gasteiger partial charge in [0.15, 0.2) is 15.2 Å². The van der Waals surface area contributed by atoms with Crippen molar-refractivity contribution in [3.63, 3.8) is 0 Å². The minimum atomic E-state index is -3.81. The van der Waals surface area contributed by atoms with Gasteiger partial charge in [0.1, 0.15) is 17.7 Å². The first-order valence-electron chi connectivity index (χ1n) is 5.44. The summed E-state index contributed by atoms with van der Waals surface area (Å²) in [5, 5.41) is 6.48. The Morgan fingerprint density at radius 1 is 1.50 bits per heavy atom. The number of halogens is 1. The van der Waals surface area contributed by atoms with Crippen molar-refractivity contribution >= 4 is 39.3 Å². The second kappa shape index (κ2) is 4.74. The van der Waals surface area contributed by atoms with Gasteiger partial charge in [-0.25, -0.2) is 13.2 Å². The van der Waals surface area contributed by atoms with Crippen LogP contribution in [-0.2, 0) is 29.0 Å². The van der Waals surface area contributed by atoms with Gasteiger partial charge in [-0.2, -0.15) is 0 Å². The number of nitrogens with zero attached hydrogens (tertiary/aromatic N) is 1. The Kier molecular flexibility index (Phi) is 3.51. The predicted molar refractivity (Wildman–Crippen MR) is 65.4 cm³/mol. The van der Waals surface area contributed by atoms with E-state index in [1.807, 2.05) is 0 Å². The first-order valence-corrected chi connectivity index (χ1v) is 7.59. The van der Waals surface area contributed by atoms with Gasteiger partial charge in [-0.1, -0.05) is 0 Å². The van der Waals surface area contributed by atoms with Crippen molar-refractivity contribution < 1.29 is 32.6 Å². The minimum absolute atomic E-state index is 0.152. The summed E-state index contributed by atoms with van der Waals surface area (Å²) in [5.74, 6) is -3.56. The fraction of sp³-hybridized carbons (Fsp3) is 0.500. The Morgan fingerprint density at radius 3 is 2.60 bits per heavy atom. The Balaban J connectivity index is 2.47. The lowest BCUT2D eigenvalue weighted by Gasteiger charge is -2.46. The number of alkyl halides is 1. The number of carboxylic acid groups (broad SMARTS) is 1. The first kappa shape index (κ1) is 14.8. The molecule has 0 radical (unpaired) electrons. The Labute approximate surface area is 118 Å². The quantitative estimate of drug-likeness (QED) is 0.406.